The summed E-state index contributed by atoms with van der Waals surface area (Å²) in [6, 6.07) is 8.03. The van der Waals surface area contributed by atoms with Gasteiger partial charge in [0.05, 0.1) is 7.11 Å². The van der Waals surface area contributed by atoms with Crippen molar-refractivity contribution in [2.45, 2.75) is 59.3 Å². The molecule has 0 radical (unpaired) electrons. The van der Waals surface area contributed by atoms with Gasteiger partial charge in [-0.1, -0.05) is 52.2 Å². The van der Waals surface area contributed by atoms with E-state index >= 15 is 0 Å². The Morgan fingerprint density at radius 3 is 2.35 bits per heavy atom. The molecule has 0 heterocycles. The van der Waals surface area contributed by atoms with E-state index < -0.39 is 0 Å². The minimum Gasteiger partial charge on any atom is -0.497 e. The number of nitrogens with one attached hydrogen (secondary N) is 1. The molecule has 1 amide bonds. The smallest absolute Gasteiger partial charge is 0.226 e. The van der Waals surface area contributed by atoms with Crippen LogP contribution in [0, 0.1) is 10.8 Å². The molecule has 2 rings (SSSR count). The van der Waals surface area contributed by atoms with Gasteiger partial charge >= 0.3 is 0 Å². The summed E-state index contributed by atoms with van der Waals surface area (Å²) in [6.07, 6.45) is 6.98. The van der Waals surface area contributed by atoms with Gasteiger partial charge in [-0.05, 0) is 42.4 Å². The molecule has 128 valence electrons. The SMILES string of the molecule is COc1ccc(CCNC(=O)C(C)(C)C2(C)CCCCC2)cc1. The summed E-state index contributed by atoms with van der Waals surface area (Å²) in [5, 5.41) is 3.15. The first-order valence-corrected chi connectivity index (χ1v) is 8.80. The van der Waals surface area contributed by atoms with E-state index in [-0.39, 0.29) is 16.7 Å². The Bertz CT molecular complexity index is 513. The van der Waals surface area contributed by atoms with E-state index in [4.69, 9.17) is 4.74 Å². The van der Waals surface area contributed by atoms with Gasteiger partial charge in [0.25, 0.3) is 0 Å². The molecule has 1 fully saturated rings. The van der Waals surface area contributed by atoms with Gasteiger partial charge in [0.1, 0.15) is 5.75 Å². The Kier molecular flexibility index (Phi) is 5.72. The summed E-state index contributed by atoms with van der Waals surface area (Å²) >= 11 is 0. The third-order valence-electron chi connectivity index (χ3n) is 5.89. The van der Waals surface area contributed by atoms with E-state index in [1.54, 1.807) is 7.11 Å². The third kappa shape index (κ3) is 4.07. The van der Waals surface area contributed by atoms with Crippen LogP contribution >= 0.6 is 0 Å². The van der Waals surface area contributed by atoms with Crippen molar-refractivity contribution in [2.24, 2.45) is 10.8 Å². The van der Waals surface area contributed by atoms with Crippen LogP contribution in [-0.2, 0) is 11.2 Å². The molecule has 0 bridgehead atoms. The summed E-state index contributed by atoms with van der Waals surface area (Å²) in [5.74, 6) is 1.06. The van der Waals surface area contributed by atoms with E-state index in [9.17, 15) is 4.79 Å². The van der Waals surface area contributed by atoms with Crippen LogP contribution in [0.25, 0.3) is 0 Å². The lowest BCUT2D eigenvalue weighted by molar-refractivity contribution is -0.137. The second-order valence-corrected chi connectivity index (χ2v) is 7.60. The molecule has 0 unspecified atom stereocenters. The van der Waals surface area contributed by atoms with Gasteiger partial charge < -0.3 is 10.1 Å². The van der Waals surface area contributed by atoms with Crippen molar-refractivity contribution < 1.29 is 9.53 Å². The summed E-state index contributed by atoms with van der Waals surface area (Å²) < 4.78 is 5.17. The van der Waals surface area contributed by atoms with E-state index in [1.165, 1.54) is 24.8 Å². The first-order valence-electron chi connectivity index (χ1n) is 8.80. The number of carbonyl (C=O) groups is 1. The zero-order chi connectivity index (χ0) is 16.9. The first-order chi connectivity index (χ1) is 10.9. The van der Waals surface area contributed by atoms with Gasteiger partial charge in [-0.3, -0.25) is 4.79 Å². The molecule has 1 aromatic carbocycles. The number of hydrogen-bond donors (Lipinski definition) is 1. The molecule has 1 N–H and O–H groups in total. The quantitative estimate of drug-likeness (QED) is 0.847. The molecule has 1 aliphatic rings. The zero-order valence-corrected chi connectivity index (χ0v) is 15.1. The van der Waals surface area contributed by atoms with Crippen LogP contribution in [0.2, 0.25) is 0 Å². The van der Waals surface area contributed by atoms with Crippen LogP contribution in [0.15, 0.2) is 24.3 Å². The Balaban J connectivity index is 1.87. The maximum Gasteiger partial charge on any atom is 0.226 e. The van der Waals surface area contributed by atoms with Gasteiger partial charge in [0.2, 0.25) is 5.91 Å². The number of methoxy groups -OCH3 is 1. The summed E-state index contributed by atoms with van der Waals surface area (Å²) in [7, 11) is 1.67. The van der Waals surface area contributed by atoms with Crippen molar-refractivity contribution in [1.82, 2.24) is 5.32 Å². The first kappa shape index (κ1) is 17.8. The van der Waals surface area contributed by atoms with E-state index in [0.717, 1.165) is 25.0 Å². The van der Waals surface area contributed by atoms with Gasteiger partial charge in [-0.15, -0.1) is 0 Å². The highest BCUT2D eigenvalue weighted by molar-refractivity contribution is 5.82. The highest BCUT2D eigenvalue weighted by Gasteiger charge is 2.46. The monoisotopic (exact) mass is 317 g/mol. The number of rotatable bonds is 6. The van der Waals surface area contributed by atoms with Gasteiger partial charge in [0.15, 0.2) is 0 Å². The van der Waals surface area contributed by atoms with Crippen LogP contribution in [0.4, 0.5) is 0 Å². The van der Waals surface area contributed by atoms with Crippen LogP contribution in [-0.4, -0.2) is 19.6 Å². The molecule has 1 aliphatic carbocycles. The molecule has 3 nitrogen and oxygen atoms in total. The number of carbonyl (C=O) groups excluding carboxylic acids is 1. The van der Waals surface area contributed by atoms with Crippen molar-refractivity contribution >= 4 is 5.91 Å². The second kappa shape index (κ2) is 7.37. The summed E-state index contributed by atoms with van der Waals surface area (Å²) in [6.45, 7) is 7.20. The zero-order valence-electron chi connectivity index (χ0n) is 15.1. The van der Waals surface area contributed by atoms with Crippen LogP contribution in [0.3, 0.4) is 0 Å². The molecule has 0 aliphatic heterocycles. The van der Waals surface area contributed by atoms with Crippen molar-refractivity contribution in [3.63, 3.8) is 0 Å². The summed E-state index contributed by atoms with van der Waals surface area (Å²) in [4.78, 5) is 12.7. The second-order valence-electron chi connectivity index (χ2n) is 7.60. The van der Waals surface area contributed by atoms with Gasteiger partial charge in [-0.25, -0.2) is 0 Å². The van der Waals surface area contributed by atoms with Crippen molar-refractivity contribution in [2.75, 3.05) is 13.7 Å². The van der Waals surface area contributed by atoms with Crippen molar-refractivity contribution in [3.8, 4) is 5.75 Å². The average molecular weight is 317 g/mol. The lowest BCUT2D eigenvalue weighted by Crippen LogP contribution is -2.48. The van der Waals surface area contributed by atoms with Crippen LogP contribution in [0.1, 0.15) is 58.4 Å². The maximum atomic E-state index is 12.7. The Labute approximate surface area is 140 Å². The summed E-state index contributed by atoms with van der Waals surface area (Å²) in [5.41, 5.74) is 1.02. The lowest BCUT2D eigenvalue weighted by Gasteiger charge is -2.45. The predicted molar refractivity (Wildman–Crippen MR) is 94.7 cm³/mol. The number of ether oxygens (including phenoxy) is 1. The molecule has 23 heavy (non-hydrogen) atoms. The van der Waals surface area contributed by atoms with E-state index in [1.807, 2.05) is 12.1 Å². The molecule has 0 aromatic heterocycles. The van der Waals surface area contributed by atoms with Gasteiger partial charge in [0, 0.05) is 12.0 Å². The van der Waals surface area contributed by atoms with E-state index in [2.05, 4.69) is 38.2 Å². The molecular weight excluding hydrogens is 286 g/mol. The Morgan fingerprint density at radius 1 is 1.17 bits per heavy atom. The molecule has 1 aromatic rings. The standard InChI is InChI=1S/C20H31NO2/c1-19(2,20(3)13-6-5-7-14-20)18(22)21-15-12-16-8-10-17(23-4)11-9-16/h8-11H,5-7,12-15H2,1-4H3,(H,21,22). The van der Waals surface area contributed by atoms with Crippen molar-refractivity contribution in [1.29, 1.82) is 0 Å². The number of benzene rings is 1. The fourth-order valence-electron chi connectivity index (χ4n) is 3.56. The molecule has 0 saturated heterocycles. The molecular formula is C20H31NO2. The van der Waals surface area contributed by atoms with Crippen molar-refractivity contribution in [3.05, 3.63) is 29.8 Å². The number of hydrogen-bond acceptors (Lipinski definition) is 2. The lowest BCUT2D eigenvalue weighted by atomic mass is 9.59. The molecule has 3 heteroatoms. The predicted octanol–water partition coefficient (Wildman–Crippen LogP) is 4.35. The van der Waals surface area contributed by atoms with E-state index in [0.29, 0.717) is 6.54 Å². The largest absolute Gasteiger partial charge is 0.497 e. The highest BCUT2D eigenvalue weighted by atomic mass is 16.5. The Morgan fingerprint density at radius 2 is 1.78 bits per heavy atom. The number of amides is 1. The van der Waals surface area contributed by atoms with Crippen LogP contribution < -0.4 is 10.1 Å². The van der Waals surface area contributed by atoms with Gasteiger partial charge in [-0.2, -0.15) is 0 Å². The van der Waals surface area contributed by atoms with Crippen LogP contribution in [0.5, 0.6) is 5.75 Å². The third-order valence-corrected chi connectivity index (χ3v) is 5.89. The molecule has 0 spiro atoms. The molecule has 1 saturated carbocycles. The average Bonchev–Trinajstić information content (AvgIpc) is 2.56. The fourth-order valence-corrected chi connectivity index (χ4v) is 3.56. The minimum atomic E-state index is -0.312. The fraction of sp³-hybridized carbons (Fsp3) is 0.650. The minimum absolute atomic E-state index is 0.120. The normalized spacial score (nSPS) is 17.6. The Hall–Kier alpha value is -1.51. The highest BCUT2D eigenvalue weighted by Crippen LogP contribution is 2.49. The maximum absolute atomic E-state index is 12.7. The topological polar surface area (TPSA) is 38.3 Å². The molecule has 0 atom stereocenters.